The van der Waals surface area contributed by atoms with Gasteiger partial charge in [0.05, 0.1) is 10.6 Å². The molecule has 1 aromatic rings. The zero-order valence-corrected chi connectivity index (χ0v) is 11.9. The molecule has 0 spiro atoms. The van der Waals surface area contributed by atoms with Gasteiger partial charge in [0.15, 0.2) is 0 Å². The quantitative estimate of drug-likeness (QED) is 0.902. The minimum absolute atomic E-state index is 0.127. The molecule has 16 heavy (non-hydrogen) atoms. The van der Waals surface area contributed by atoms with Crippen molar-refractivity contribution in [1.29, 1.82) is 0 Å². The number of halogens is 2. The summed E-state index contributed by atoms with van der Waals surface area (Å²) in [5, 5.41) is 3.39. The lowest BCUT2D eigenvalue weighted by molar-refractivity contribution is 0.0930. The molecule has 1 N–H and O–H groups in total. The first kappa shape index (κ1) is 13.5. The molecule has 0 saturated carbocycles. The van der Waals surface area contributed by atoms with Crippen LogP contribution < -0.4 is 5.32 Å². The number of carbonyl (C=O) groups is 1. The van der Waals surface area contributed by atoms with E-state index in [4.69, 9.17) is 11.6 Å². The monoisotopic (exact) mass is 303 g/mol. The zero-order valence-electron chi connectivity index (χ0n) is 9.55. The summed E-state index contributed by atoms with van der Waals surface area (Å²) in [5.74, 6) is 0.266. The van der Waals surface area contributed by atoms with Crippen LogP contribution in [0.1, 0.15) is 31.1 Å². The van der Waals surface area contributed by atoms with Gasteiger partial charge in [0.25, 0.3) is 5.91 Å². The standard InChI is InChI=1S/C12H15BrClNO/c1-7(2)8(3)15-12(16)10-6-9(13)4-5-11(10)14/h4-8H,1-3H3,(H,15,16)/t8-/m0/s1. The van der Waals surface area contributed by atoms with Gasteiger partial charge in [0, 0.05) is 10.5 Å². The van der Waals surface area contributed by atoms with E-state index in [0.717, 1.165) is 4.47 Å². The van der Waals surface area contributed by atoms with Gasteiger partial charge in [-0.1, -0.05) is 41.4 Å². The topological polar surface area (TPSA) is 29.1 Å². The average molecular weight is 305 g/mol. The van der Waals surface area contributed by atoms with E-state index in [1.807, 2.05) is 13.0 Å². The van der Waals surface area contributed by atoms with Gasteiger partial charge in [-0.05, 0) is 31.0 Å². The highest BCUT2D eigenvalue weighted by molar-refractivity contribution is 9.10. The smallest absolute Gasteiger partial charge is 0.253 e. The Balaban J connectivity index is 2.84. The lowest BCUT2D eigenvalue weighted by Gasteiger charge is -2.17. The SMILES string of the molecule is CC(C)[C@H](C)NC(=O)c1cc(Br)ccc1Cl. The van der Waals surface area contributed by atoms with Gasteiger partial charge >= 0.3 is 0 Å². The number of carbonyl (C=O) groups excluding carboxylic acids is 1. The molecule has 4 heteroatoms. The van der Waals surface area contributed by atoms with Gasteiger partial charge in [-0.3, -0.25) is 4.79 Å². The fourth-order valence-electron chi connectivity index (χ4n) is 1.12. The molecule has 0 fully saturated rings. The Kier molecular flexibility index (Phi) is 4.81. The summed E-state index contributed by atoms with van der Waals surface area (Å²) in [6.07, 6.45) is 0. The number of nitrogens with one attached hydrogen (secondary N) is 1. The van der Waals surface area contributed by atoms with E-state index >= 15 is 0 Å². The fraction of sp³-hybridized carbons (Fsp3) is 0.417. The highest BCUT2D eigenvalue weighted by atomic mass is 79.9. The van der Waals surface area contributed by atoms with E-state index in [1.165, 1.54) is 0 Å². The molecule has 0 aliphatic rings. The molecule has 0 heterocycles. The second kappa shape index (κ2) is 5.69. The van der Waals surface area contributed by atoms with Crippen molar-refractivity contribution in [3.8, 4) is 0 Å². The molecule has 1 aromatic carbocycles. The summed E-state index contributed by atoms with van der Waals surface area (Å²) in [6, 6.07) is 5.37. The fourth-order valence-corrected chi connectivity index (χ4v) is 1.69. The first-order valence-electron chi connectivity index (χ1n) is 5.17. The number of benzene rings is 1. The van der Waals surface area contributed by atoms with E-state index in [2.05, 4.69) is 35.1 Å². The largest absolute Gasteiger partial charge is 0.349 e. The van der Waals surface area contributed by atoms with Crippen molar-refractivity contribution in [1.82, 2.24) is 5.32 Å². The van der Waals surface area contributed by atoms with Crippen LogP contribution in [0.25, 0.3) is 0 Å². The van der Waals surface area contributed by atoms with Crippen LogP contribution in [0.15, 0.2) is 22.7 Å². The maximum atomic E-state index is 11.9. The molecular weight excluding hydrogens is 289 g/mol. The molecule has 1 atom stereocenters. The minimum Gasteiger partial charge on any atom is -0.349 e. The summed E-state index contributed by atoms with van der Waals surface area (Å²) in [5.41, 5.74) is 0.503. The third-order valence-electron chi connectivity index (χ3n) is 2.53. The third-order valence-corrected chi connectivity index (χ3v) is 3.35. The van der Waals surface area contributed by atoms with Crippen LogP contribution in [0.3, 0.4) is 0 Å². The highest BCUT2D eigenvalue weighted by Crippen LogP contribution is 2.21. The average Bonchev–Trinajstić information content (AvgIpc) is 2.21. The number of hydrogen-bond donors (Lipinski definition) is 1. The second-order valence-corrected chi connectivity index (χ2v) is 5.45. The summed E-state index contributed by atoms with van der Waals surface area (Å²) >= 11 is 9.29. The number of amides is 1. The Morgan fingerprint density at radius 2 is 2.00 bits per heavy atom. The van der Waals surface area contributed by atoms with Crippen molar-refractivity contribution < 1.29 is 4.79 Å². The van der Waals surface area contributed by atoms with Gasteiger partial charge < -0.3 is 5.32 Å². The van der Waals surface area contributed by atoms with Crippen LogP contribution in [0.4, 0.5) is 0 Å². The van der Waals surface area contributed by atoms with E-state index in [9.17, 15) is 4.79 Å². The Morgan fingerprint density at radius 3 is 2.56 bits per heavy atom. The Hall–Kier alpha value is -0.540. The van der Waals surface area contributed by atoms with Crippen molar-refractivity contribution in [2.75, 3.05) is 0 Å². The first-order valence-corrected chi connectivity index (χ1v) is 6.35. The van der Waals surface area contributed by atoms with E-state index in [-0.39, 0.29) is 11.9 Å². The molecule has 0 bridgehead atoms. The predicted octanol–water partition coefficient (Wildman–Crippen LogP) is 3.88. The van der Waals surface area contributed by atoms with Crippen LogP contribution in [0.5, 0.6) is 0 Å². The molecule has 88 valence electrons. The zero-order chi connectivity index (χ0) is 12.3. The molecule has 0 saturated heterocycles. The lowest BCUT2D eigenvalue weighted by Crippen LogP contribution is -2.36. The number of rotatable bonds is 3. The van der Waals surface area contributed by atoms with Crippen molar-refractivity contribution in [3.63, 3.8) is 0 Å². The predicted molar refractivity (Wildman–Crippen MR) is 70.9 cm³/mol. The van der Waals surface area contributed by atoms with Crippen LogP contribution in [-0.2, 0) is 0 Å². The highest BCUT2D eigenvalue weighted by Gasteiger charge is 2.15. The normalized spacial score (nSPS) is 12.6. The van der Waals surface area contributed by atoms with E-state index in [1.54, 1.807) is 12.1 Å². The molecule has 0 aliphatic heterocycles. The molecule has 0 aromatic heterocycles. The molecular formula is C12H15BrClNO. The second-order valence-electron chi connectivity index (χ2n) is 4.13. The summed E-state index contributed by atoms with van der Waals surface area (Å²) < 4.78 is 0.847. The third kappa shape index (κ3) is 3.49. The molecule has 1 amide bonds. The Bertz CT molecular complexity index is 393. The first-order chi connectivity index (χ1) is 7.41. The Labute approximate surface area is 110 Å². The molecule has 0 aliphatic carbocycles. The van der Waals surface area contributed by atoms with Gasteiger partial charge in [-0.25, -0.2) is 0 Å². The molecule has 1 rings (SSSR count). The number of hydrogen-bond acceptors (Lipinski definition) is 1. The Morgan fingerprint density at radius 1 is 1.38 bits per heavy atom. The van der Waals surface area contributed by atoms with Gasteiger partial charge in [0.1, 0.15) is 0 Å². The molecule has 2 nitrogen and oxygen atoms in total. The summed E-state index contributed by atoms with van der Waals surface area (Å²) in [7, 11) is 0. The van der Waals surface area contributed by atoms with Gasteiger partial charge in [-0.2, -0.15) is 0 Å². The molecule has 0 radical (unpaired) electrons. The summed E-state index contributed by atoms with van der Waals surface area (Å²) in [4.78, 5) is 11.9. The van der Waals surface area contributed by atoms with Crippen molar-refractivity contribution in [3.05, 3.63) is 33.3 Å². The van der Waals surface area contributed by atoms with Crippen molar-refractivity contribution >= 4 is 33.4 Å². The summed E-state index contributed by atoms with van der Waals surface area (Å²) in [6.45, 7) is 6.11. The van der Waals surface area contributed by atoms with E-state index < -0.39 is 0 Å². The molecule has 0 unspecified atom stereocenters. The van der Waals surface area contributed by atoms with Crippen LogP contribution >= 0.6 is 27.5 Å². The van der Waals surface area contributed by atoms with Crippen LogP contribution in [-0.4, -0.2) is 11.9 Å². The maximum Gasteiger partial charge on any atom is 0.253 e. The van der Waals surface area contributed by atoms with E-state index in [0.29, 0.717) is 16.5 Å². The van der Waals surface area contributed by atoms with Crippen molar-refractivity contribution in [2.24, 2.45) is 5.92 Å². The lowest BCUT2D eigenvalue weighted by atomic mass is 10.1. The maximum absolute atomic E-state index is 11.9. The van der Waals surface area contributed by atoms with Crippen LogP contribution in [0, 0.1) is 5.92 Å². The van der Waals surface area contributed by atoms with Crippen LogP contribution in [0.2, 0.25) is 5.02 Å². The van der Waals surface area contributed by atoms with Crippen molar-refractivity contribution in [2.45, 2.75) is 26.8 Å². The minimum atomic E-state index is -0.132. The van der Waals surface area contributed by atoms with Gasteiger partial charge in [0.2, 0.25) is 0 Å². The van der Waals surface area contributed by atoms with Gasteiger partial charge in [-0.15, -0.1) is 0 Å².